The standard InChI is InChI=1S/C19H25N5O3/c1-21-16-14(17(25)22(2)19(21)27)7-8-15(20-16)18(26)24-11-9-23(10-12-24)13-5-3-4-6-13/h7-8,13H,3-6,9-12H2,1-2H3. The molecule has 0 bridgehead atoms. The van der Waals surface area contributed by atoms with E-state index in [0.29, 0.717) is 24.5 Å². The van der Waals surface area contributed by atoms with Crippen LogP contribution in [-0.4, -0.2) is 62.0 Å². The van der Waals surface area contributed by atoms with E-state index in [1.165, 1.54) is 37.3 Å². The van der Waals surface area contributed by atoms with Crippen molar-refractivity contribution in [1.82, 2.24) is 23.9 Å². The normalized spacial score (nSPS) is 19.1. The number of hydrogen-bond acceptors (Lipinski definition) is 5. The maximum Gasteiger partial charge on any atom is 0.332 e. The smallest absolute Gasteiger partial charge is 0.332 e. The van der Waals surface area contributed by atoms with Crippen LogP contribution in [-0.2, 0) is 14.1 Å². The van der Waals surface area contributed by atoms with Gasteiger partial charge >= 0.3 is 5.69 Å². The molecule has 0 radical (unpaired) electrons. The number of hydrogen-bond donors (Lipinski definition) is 0. The highest BCUT2D eigenvalue weighted by atomic mass is 16.2. The fourth-order valence-corrected chi connectivity index (χ4v) is 4.29. The molecule has 0 atom stereocenters. The molecule has 0 aromatic carbocycles. The number of pyridine rings is 1. The average molecular weight is 371 g/mol. The Morgan fingerprint density at radius 2 is 1.67 bits per heavy atom. The van der Waals surface area contributed by atoms with E-state index in [2.05, 4.69) is 9.88 Å². The highest BCUT2D eigenvalue weighted by molar-refractivity contribution is 5.94. The van der Waals surface area contributed by atoms with Crippen molar-refractivity contribution in [2.45, 2.75) is 31.7 Å². The maximum atomic E-state index is 12.9. The van der Waals surface area contributed by atoms with Crippen molar-refractivity contribution in [2.24, 2.45) is 14.1 Å². The van der Waals surface area contributed by atoms with Crippen molar-refractivity contribution in [1.29, 1.82) is 0 Å². The molecule has 144 valence electrons. The Kier molecular flexibility index (Phi) is 4.59. The SMILES string of the molecule is Cn1c(=O)c2ccc(C(=O)N3CCN(C4CCCC4)CC3)nc2n(C)c1=O. The number of aromatic nitrogens is 3. The largest absolute Gasteiger partial charge is 0.335 e. The molecule has 8 nitrogen and oxygen atoms in total. The zero-order valence-corrected chi connectivity index (χ0v) is 15.8. The van der Waals surface area contributed by atoms with Crippen LogP contribution in [0.4, 0.5) is 0 Å². The van der Waals surface area contributed by atoms with Gasteiger partial charge in [0.15, 0.2) is 0 Å². The van der Waals surface area contributed by atoms with Gasteiger partial charge in [-0.25, -0.2) is 9.78 Å². The zero-order valence-electron chi connectivity index (χ0n) is 15.8. The van der Waals surface area contributed by atoms with Crippen LogP contribution in [0.5, 0.6) is 0 Å². The lowest BCUT2D eigenvalue weighted by molar-refractivity contribution is 0.0568. The quantitative estimate of drug-likeness (QED) is 0.760. The molecule has 0 spiro atoms. The van der Waals surface area contributed by atoms with E-state index >= 15 is 0 Å². The maximum absolute atomic E-state index is 12.9. The summed E-state index contributed by atoms with van der Waals surface area (Å²) in [5.74, 6) is -0.143. The van der Waals surface area contributed by atoms with Crippen LogP contribution >= 0.6 is 0 Å². The van der Waals surface area contributed by atoms with Gasteiger partial charge in [-0.3, -0.25) is 23.6 Å². The molecule has 3 heterocycles. The van der Waals surface area contributed by atoms with Crippen molar-refractivity contribution in [3.63, 3.8) is 0 Å². The summed E-state index contributed by atoms with van der Waals surface area (Å²) in [6.07, 6.45) is 5.15. The summed E-state index contributed by atoms with van der Waals surface area (Å²) in [6.45, 7) is 3.15. The van der Waals surface area contributed by atoms with Gasteiger partial charge in [-0.1, -0.05) is 12.8 Å². The summed E-state index contributed by atoms with van der Waals surface area (Å²) >= 11 is 0. The van der Waals surface area contributed by atoms with Crippen molar-refractivity contribution in [3.8, 4) is 0 Å². The van der Waals surface area contributed by atoms with Crippen LogP contribution in [0, 0.1) is 0 Å². The van der Waals surface area contributed by atoms with Gasteiger partial charge in [0.1, 0.15) is 11.3 Å². The third-order valence-corrected chi connectivity index (χ3v) is 5.96. The predicted octanol–water partition coefficient (Wildman–Crippen LogP) is 0.333. The van der Waals surface area contributed by atoms with Gasteiger partial charge in [-0.15, -0.1) is 0 Å². The molecule has 0 N–H and O–H groups in total. The predicted molar refractivity (Wildman–Crippen MR) is 102 cm³/mol. The second-order valence-corrected chi connectivity index (χ2v) is 7.54. The van der Waals surface area contributed by atoms with E-state index in [4.69, 9.17) is 0 Å². The molecule has 1 amide bonds. The molecule has 0 unspecified atom stereocenters. The molecule has 2 fully saturated rings. The lowest BCUT2D eigenvalue weighted by atomic mass is 10.1. The molecule has 2 aliphatic rings. The van der Waals surface area contributed by atoms with Crippen LogP contribution in [0.1, 0.15) is 36.2 Å². The lowest BCUT2D eigenvalue weighted by Gasteiger charge is -2.37. The van der Waals surface area contributed by atoms with Crippen LogP contribution in [0.15, 0.2) is 21.7 Å². The first-order chi connectivity index (χ1) is 13.0. The minimum atomic E-state index is -0.449. The van der Waals surface area contributed by atoms with Gasteiger partial charge in [0.25, 0.3) is 11.5 Å². The number of rotatable bonds is 2. The number of aryl methyl sites for hydroxylation is 1. The van der Waals surface area contributed by atoms with Gasteiger partial charge in [0.05, 0.1) is 5.39 Å². The average Bonchev–Trinajstić information content (AvgIpc) is 3.24. The summed E-state index contributed by atoms with van der Waals surface area (Å²) in [5, 5.41) is 0.335. The van der Waals surface area contributed by atoms with Gasteiger partial charge in [0.2, 0.25) is 0 Å². The van der Waals surface area contributed by atoms with Crippen LogP contribution < -0.4 is 11.2 Å². The van der Waals surface area contributed by atoms with E-state index in [9.17, 15) is 14.4 Å². The first-order valence-corrected chi connectivity index (χ1v) is 9.57. The summed E-state index contributed by atoms with van der Waals surface area (Å²) in [5.41, 5.74) is -0.321. The first kappa shape index (κ1) is 17.9. The second kappa shape index (κ2) is 6.92. The van der Waals surface area contributed by atoms with E-state index in [1.54, 1.807) is 19.2 Å². The Balaban J connectivity index is 1.57. The summed E-state index contributed by atoms with van der Waals surface area (Å²) < 4.78 is 2.36. The molecule has 1 saturated heterocycles. The molecule has 1 aliphatic carbocycles. The van der Waals surface area contributed by atoms with Crippen LogP contribution in [0.2, 0.25) is 0 Å². The van der Waals surface area contributed by atoms with E-state index < -0.39 is 11.2 Å². The van der Waals surface area contributed by atoms with E-state index in [1.807, 2.05) is 4.90 Å². The monoisotopic (exact) mass is 371 g/mol. The zero-order chi connectivity index (χ0) is 19.1. The number of carbonyl (C=O) groups is 1. The Labute approximate surface area is 157 Å². The molecule has 1 aliphatic heterocycles. The minimum Gasteiger partial charge on any atom is -0.335 e. The summed E-state index contributed by atoms with van der Waals surface area (Å²) in [7, 11) is 3.00. The third-order valence-electron chi connectivity index (χ3n) is 5.96. The molecule has 1 saturated carbocycles. The highest BCUT2D eigenvalue weighted by Crippen LogP contribution is 2.24. The lowest BCUT2D eigenvalue weighted by Crippen LogP contribution is -2.51. The van der Waals surface area contributed by atoms with E-state index in [-0.39, 0.29) is 17.2 Å². The summed E-state index contributed by atoms with van der Waals surface area (Å²) in [6, 6.07) is 3.85. The molecule has 2 aromatic heterocycles. The van der Waals surface area contributed by atoms with E-state index in [0.717, 1.165) is 17.7 Å². The first-order valence-electron chi connectivity index (χ1n) is 9.57. The van der Waals surface area contributed by atoms with Crippen molar-refractivity contribution in [2.75, 3.05) is 26.2 Å². The molecule has 4 rings (SSSR count). The Morgan fingerprint density at radius 3 is 2.33 bits per heavy atom. The van der Waals surface area contributed by atoms with Gasteiger partial charge in [0, 0.05) is 46.3 Å². The number of nitrogens with zero attached hydrogens (tertiary/aromatic N) is 5. The topological polar surface area (TPSA) is 80.4 Å². The number of amides is 1. The van der Waals surface area contributed by atoms with Gasteiger partial charge < -0.3 is 4.90 Å². The van der Waals surface area contributed by atoms with Crippen molar-refractivity contribution < 1.29 is 4.79 Å². The Morgan fingerprint density at radius 1 is 1.00 bits per heavy atom. The Hall–Kier alpha value is -2.48. The molecule has 27 heavy (non-hydrogen) atoms. The minimum absolute atomic E-state index is 0.143. The second-order valence-electron chi connectivity index (χ2n) is 7.54. The molecule has 2 aromatic rings. The molecular formula is C19H25N5O3. The fourth-order valence-electron chi connectivity index (χ4n) is 4.29. The summed E-state index contributed by atoms with van der Waals surface area (Å²) in [4.78, 5) is 46.0. The number of piperazine rings is 1. The number of carbonyl (C=O) groups excluding carboxylic acids is 1. The van der Waals surface area contributed by atoms with Crippen molar-refractivity contribution in [3.05, 3.63) is 38.7 Å². The fraction of sp³-hybridized carbons (Fsp3) is 0.579. The van der Waals surface area contributed by atoms with Crippen molar-refractivity contribution >= 4 is 16.9 Å². The highest BCUT2D eigenvalue weighted by Gasteiger charge is 2.28. The van der Waals surface area contributed by atoms with Crippen LogP contribution in [0.25, 0.3) is 11.0 Å². The molecular weight excluding hydrogens is 346 g/mol. The van der Waals surface area contributed by atoms with Crippen LogP contribution in [0.3, 0.4) is 0 Å². The molecule has 8 heteroatoms. The van der Waals surface area contributed by atoms with Gasteiger partial charge in [-0.05, 0) is 25.0 Å². The third kappa shape index (κ3) is 3.07. The number of fused-ring (bicyclic) bond motifs is 1. The van der Waals surface area contributed by atoms with Gasteiger partial charge in [-0.2, -0.15) is 0 Å². The Bertz CT molecular complexity index is 995.